The van der Waals surface area contributed by atoms with E-state index in [4.69, 9.17) is 4.74 Å². The Morgan fingerprint density at radius 1 is 1.14 bits per heavy atom. The minimum atomic E-state index is -0.319. The average Bonchev–Trinajstić information content (AvgIpc) is 3.08. The molecule has 0 radical (unpaired) electrons. The van der Waals surface area contributed by atoms with E-state index in [-0.39, 0.29) is 29.9 Å². The number of piperazine rings is 1. The minimum absolute atomic E-state index is 0.0281. The second-order valence-electron chi connectivity index (χ2n) is 7.83. The van der Waals surface area contributed by atoms with Gasteiger partial charge in [0.1, 0.15) is 0 Å². The number of amides is 1. The molecule has 1 amide bonds. The first-order valence-corrected chi connectivity index (χ1v) is 9.78. The third kappa shape index (κ3) is 3.54. The number of esters is 1. The van der Waals surface area contributed by atoms with Crippen molar-refractivity contribution in [2.75, 3.05) is 20.2 Å². The first-order valence-electron chi connectivity index (χ1n) is 9.78. The fourth-order valence-electron chi connectivity index (χ4n) is 4.72. The maximum Gasteiger partial charge on any atom is 0.311 e. The van der Waals surface area contributed by atoms with Crippen molar-refractivity contribution in [2.24, 2.45) is 5.92 Å². The Balaban J connectivity index is 1.58. The minimum Gasteiger partial charge on any atom is -0.469 e. The van der Waals surface area contributed by atoms with Crippen molar-refractivity contribution in [3.05, 3.63) is 71.3 Å². The lowest BCUT2D eigenvalue weighted by atomic mass is 9.93. The van der Waals surface area contributed by atoms with Gasteiger partial charge in [-0.1, -0.05) is 60.2 Å². The van der Waals surface area contributed by atoms with Crippen LogP contribution in [0.15, 0.2) is 54.6 Å². The largest absolute Gasteiger partial charge is 0.469 e. The molecule has 0 spiro atoms. The van der Waals surface area contributed by atoms with Crippen LogP contribution in [0.4, 0.5) is 0 Å². The number of fused-ring (bicyclic) bond motifs is 1. The van der Waals surface area contributed by atoms with Crippen LogP contribution in [0.25, 0.3) is 0 Å². The summed E-state index contributed by atoms with van der Waals surface area (Å²) in [7, 11) is 1.42. The SMILES string of the molecule is COC(=O)[C@H]1C[C@H]2CN(Cc3cccc(C)c3)CC(=O)N2[C@H]1c1ccccc1. The molecule has 2 aromatic carbocycles. The van der Waals surface area contributed by atoms with E-state index in [0.29, 0.717) is 13.0 Å². The first-order chi connectivity index (χ1) is 13.6. The topological polar surface area (TPSA) is 49.9 Å². The van der Waals surface area contributed by atoms with Gasteiger partial charge in [-0.25, -0.2) is 0 Å². The number of methoxy groups -OCH3 is 1. The van der Waals surface area contributed by atoms with E-state index in [0.717, 1.165) is 18.7 Å². The number of nitrogens with zero attached hydrogens (tertiary/aromatic N) is 2. The zero-order valence-electron chi connectivity index (χ0n) is 16.4. The van der Waals surface area contributed by atoms with Gasteiger partial charge >= 0.3 is 5.97 Å². The van der Waals surface area contributed by atoms with Crippen molar-refractivity contribution in [1.29, 1.82) is 0 Å². The molecule has 0 aromatic heterocycles. The van der Waals surface area contributed by atoms with Gasteiger partial charge in [-0.15, -0.1) is 0 Å². The molecule has 28 heavy (non-hydrogen) atoms. The first kappa shape index (κ1) is 18.7. The highest BCUT2D eigenvalue weighted by atomic mass is 16.5. The van der Waals surface area contributed by atoms with Crippen LogP contribution >= 0.6 is 0 Å². The number of ether oxygens (including phenoxy) is 1. The fraction of sp³-hybridized carbons (Fsp3) is 0.391. The van der Waals surface area contributed by atoms with Gasteiger partial charge in [0.05, 0.1) is 25.6 Å². The number of carbonyl (C=O) groups is 2. The lowest BCUT2D eigenvalue weighted by Gasteiger charge is -2.40. The highest BCUT2D eigenvalue weighted by Crippen LogP contribution is 2.43. The second kappa shape index (κ2) is 7.76. The molecule has 0 saturated carbocycles. The van der Waals surface area contributed by atoms with Gasteiger partial charge in [-0.3, -0.25) is 14.5 Å². The average molecular weight is 378 g/mol. The van der Waals surface area contributed by atoms with Crippen molar-refractivity contribution in [3.63, 3.8) is 0 Å². The van der Waals surface area contributed by atoms with Gasteiger partial charge < -0.3 is 9.64 Å². The number of rotatable bonds is 4. The van der Waals surface area contributed by atoms with E-state index in [2.05, 4.69) is 36.1 Å². The van der Waals surface area contributed by atoms with Gasteiger partial charge in [0.25, 0.3) is 0 Å². The van der Waals surface area contributed by atoms with Crippen LogP contribution in [0.1, 0.15) is 29.2 Å². The molecule has 5 heteroatoms. The number of hydrogen-bond acceptors (Lipinski definition) is 4. The van der Waals surface area contributed by atoms with E-state index in [1.54, 1.807) is 0 Å². The van der Waals surface area contributed by atoms with Gasteiger partial charge in [0.15, 0.2) is 0 Å². The van der Waals surface area contributed by atoms with E-state index in [1.165, 1.54) is 18.2 Å². The third-order valence-corrected chi connectivity index (χ3v) is 5.85. The Morgan fingerprint density at radius 3 is 2.64 bits per heavy atom. The third-order valence-electron chi connectivity index (χ3n) is 5.85. The summed E-state index contributed by atoms with van der Waals surface area (Å²) in [5.41, 5.74) is 3.43. The van der Waals surface area contributed by atoms with Crippen molar-refractivity contribution < 1.29 is 14.3 Å². The molecule has 2 aliphatic rings. The summed E-state index contributed by atoms with van der Waals surface area (Å²) in [6.07, 6.45) is 0.641. The zero-order valence-corrected chi connectivity index (χ0v) is 16.4. The van der Waals surface area contributed by atoms with Crippen LogP contribution in [-0.2, 0) is 20.9 Å². The van der Waals surface area contributed by atoms with Crippen LogP contribution < -0.4 is 0 Å². The summed E-state index contributed by atoms with van der Waals surface area (Å²) in [6.45, 7) is 3.98. The molecule has 0 bridgehead atoms. The van der Waals surface area contributed by atoms with Crippen molar-refractivity contribution in [2.45, 2.75) is 32.0 Å². The summed E-state index contributed by atoms with van der Waals surface area (Å²) in [6, 6.07) is 18.0. The zero-order chi connectivity index (χ0) is 19.7. The van der Waals surface area contributed by atoms with E-state index < -0.39 is 0 Å². The van der Waals surface area contributed by atoms with Gasteiger partial charge in [-0.2, -0.15) is 0 Å². The molecule has 3 atom stereocenters. The van der Waals surface area contributed by atoms with Crippen LogP contribution in [0.2, 0.25) is 0 Å². The monoisotopic (exact) mass is 378 g/mol. The lowest BCUT2D eigenvalue weighted by molar-refractivity contribution is -0.147. The Bertz CT molecular complexity index is 867. The Labute approximate surface area is 165 Å². The predicted molar refractivity (Wildman–Crippen MR) is 106 cm³/mol. The number of carbonyl (C=O) groups excluding carboxylic acids is 2. The molecule has 2 fully saturated rings. The Kier molecular flexibility index (Phi) is 5.18. The molecule has 0 unspecified atom stereocenters. The molecule has 5 nitrogen and oxygen atoms in total. The van der Waals surface area contributed by atoms with Gasteiger partial charge in [-0.05, 0) is 24.5 Å². The van der Waals surface area contributed by atoms with Crippen LogP contribution in [0.5, 0.6) is 0 Å². The molecular formula is C23H26N2O3. The smallest absolute Gasteiger partial charge is 0.311 e. The van der Waals surface area contributed by atoms with Crippen molar-refractivity contribution >= 4 is 11.9 Å². The Morgan fingerprint density at radius 2 is 1.93 bits per heavy atom. The van der Waals surface area contributed by atoms with E-state index >= 15 is 0 Å². The van der Waals surface area contributed by atoms with E-state index in [9.17, 15) is 9.59 Å². The van der Waals surface area contributed by atoms with E-state index in [1.807, 2.05) is 35.2 Å². The Hall–Kier alpha value is -2.66. The quantitative estimate of drug-likeness (QED) is 0.768. The van der Waals surface area contributed by atoms with Crippen LogP contribution in [-0.4, -0.2) is 47.9 Å². The molecular weight excluding hydrogens is 352 g/mol. The second-order valence-corrected chi connectivity index (χ2v) is 7.83. The highest BCUT2D eigenvalue weighted by Gasteiger charge is 2.50. The standard InChI is InChI=1S/C23H26N2O3/c1-16-7-6-8-17(11-16)13-24-14-19-12-20(23(27)28-2)22(25(19)21(26)15-24)18-9-4-3-5-10-18/h3-11,19-20,22H,12-15H2,1-2H3/t19-,20-,22-/m0/s1. The van der Waals surface area contributed by atoms with Crippen molar-refractivity contribution in [1.82, 2.24) is 9.80 Å². The molecule has 0 N–H and O–H groups in total. The number of benzene rings is 2. The van der Waals surface area contributed by atoms with Crippen molar-refractivity contribution in [3.8, 4) is 0 Å². The maximum atomic E-state index is 13.1. The predicted octanol–water partition coefficient (Wildman–Crippen LogP) is 2.94. The number of aryl methyl sites for hydroxylation is 1. The lowest BCUT2D eigenvalue weighted by Crippen LogP contribution is -2.53. The maximum absolute atomic E-state index is 13.1. The summed E-state index contributed by atoms with van der Waals surface area (Å²) in [5.74, 6) is -0.467. The summed E-state index contributed by atoms with van der Waals surface area (Å²) in [5, 5.41) is 0. The normalized spacial score (nSPS) is 24.9. The molecule has 2 aliphatic heterocycles. The molecule has 2 heterocycles. The molecule has 2 saturated heterocycles. The molecule has 4 rings (SSSR count). The van der Waals surface area contributed by atoms with Gasteiger partial charge in [0.2, 0.25) is 5.91 Å². The number of hydrogen-bond donors (Lipinski definition) is 0. The molecule has 0 aliphatic carbocycles. The molecule has 2 aromatic rings. The molecule has 146 valence electrons. The van der Waals surface area contributed by atoms with Gasteiger partial charge in [0, 0.05) is 19.1 Å². The van der Waals surface area contributed by atoms with Crippen LogP contribution in [0.3, 0.4) is 0 Å². The summed E-state index contributed by atoms with van der Waals surface area (Å²) in [4.78, 5) is 29.7. The highest BCUT2D eigenvalue weighted by molar-refractivity contribution is 5.83. The summed E-state index contributed by atoms with van der Waals surface area (Å²) >= 11 is 0. The van der Waals surface area contributed by atoms with Crippen LogP contribution in [0, 0.1) is 12.8 Å². The fourth-order valence-corrected chi connectivity index (χ4v) is 4.72. The summed E-state index contributed by atoms with van der Waals surface area (Å²) < 4.78 is 5.07.